The van der Waals surface area contributed by atoms with Gasteiger partial charge in [-0.15, -0.1) is 0 Å². The molecule has 2 N–H and O–H groups in total. The quantitative estimate of drug-likeness (QED) is 0.755. The highest BCUT2D eigenvalue weighted by Gasteiger charge is 2.27. The summed E-state index contributed by atoms with van der Waals surface area (Å²) in [6.45, 7) is 5.74. The summed E-state index contributed by atoms with van der Waals surface area (Å²) >= 11 is 0. The van der Waals surface area contributed by atoms with Crippen molar-refractivity contribution in [3.8, 4) is 0 Å². The van der Waals surface area contributed by atoms with Crippen LogP contribution in [0.3, 0.4) is 0 Å². The van der Waals surface area contributed by atoms with Crippen molar-refractivity contribution in [3.05, 3.63) is 0 Å². The fraction of sp³-hybridized carbons (Fsp3) is 0.867. The van der Waals surface area contributed by atoms with Crippen LogP contribution in [0.1, 0.15) is 58.8 Å². The molecule has 1 fully saturated rings. The van der Waals surface area contributed by atoms with Gasteiger partial charge in [0.2, 0.25) is 0 Å². The minimum Gasteiger partial charge on any atom is -0.481 e. The summed E-state index contributed by atoms with van der Waals surface area (Å²) in [6.07, 6.45) is 5.86. The summed E-state index contributed by atoms with van der Waals surface area (Å²) in [5.41, 5.74) is 0. The number of carbonyl (C=O) groups excluding carboxylic acids is 1. The smallest absolute Gasteiger partial charge is 0.317 e. The largest absolute Gasteiger partial charge is 0.481 e. The van der Waals surface area contributed by atoms with Crippen LogP contribution in [0, 0.1) is 5.92 Å². The van der Waals surface area contributed by atoms with Crippen LogP contribution in [0.2, 0.25) is 0 Å². The molecule has 1 rings (SSSR count). The minimum atomic E-state index is -0.784. The molecule has 1 aliphatic heterocycles. The number of amides is 2. The van der Waals surface area contributed by atoms with Crippen LogP contribution < -0.4 is 5.32 Å². The van der Waals surface area contributed by atoms with Gasteiger partial charge in [0.05, 0.1) is 0 Å². The second-order valence-electron chi connectivity index (χ2n) is 5.64. The fourth-order valence-corrected chi connectivity index (χ4v) is 2.77. The molecule has 116 valence electrons. The molecule has 1 aliphatic rings. The molecule has 2 amide bonds. The van der Waals surface area contributed by atoms with Gasteiger partial charge in [-0.1, -0.05) is 26.7 Å². The molecule has 0 radical (unpaired) electrons. The van der Waals surface area contributed by atoms with E-state index in [4.69, 9.17) is 5.11 Å². The topological polar surface area (TPSA) is 69.6 Å². The molecule has 1 heterocycles. The van der Waals surface area contributed by atoms with Crippen LogP contribution in [0.15, 0.2) is 0 Å². The Morgan fingerprint density at radius 3 is 2.60 bits per heavy atom. The van der Waals surface area contributed by atoms with Crippen molar-refractivity contribution in [3.63, 3.8) is 0 Å². The average Bonchev–Trinajstić information content (AvgIpc) is 2.46. The van der Waals surface area contributed by atoms with Crippen LogP contribution in [-0.4, -0.2) is 41.1 Å². The number of hydrogen-bond acceptors (Lipinski definition) is 2. The van der Waals surface area contributed by atoms with Gasteiger partial charge in [-0.05, 0) is 31.6 Å². The maximum absolute atomic E-state index is 12.3. The van der Waals surface area contributed by atoms with Gasteiger partial charge >= 0.3 is 12.0 Å². The summed E-state index contributed by atoms with van der Waals surface area (Å²) in [5.74, 6) is -0.255. The Kier molecular flexibility index (Phi) is 7.41. The van der Waals surface area contributed by atoms with Gasteiger partial charge in [0, 0.05) is 25.6 Å². The molecule has 0 aromatic carbocycles. The van der Waals surface area contributed by atoms with E-state index >= 15 is 0 Å². The standard InChI is InChI=1S/C15H28N2O3/c1-3-12(4-2)11-16-15(20)17-10-6-5-7-13(17)8-9-14(18)19/h12-13H,3-11H2,1-2H3,(H,16,20)(H,18,19). The van der Waals surface area contributed by atoms with Crippen molar-refractivity contribution < 1.29 is 14.7 Å². The number of piperidine rings is 1. The van der Waals surface area contributed by atoms with Crippen molar-refractivity contribution >= 4 is 12.0 Å². The molecule has 0 aromatic heterocycles. The van der Waals surface area contributed by atoms with Crippen LogP contribution >= 0.6 is 0 Å². The average molecular weight is 284 g/mol. The van der Waals surface area contributed by atoms with E-state index in [1.165, 1.54) is 0 Å². The summed E-state index contributed by atoms with van der Waals surface area (Å²) in [4.78, 5) is 24.8. The lowest BCUT2D eigenvalue weighted by Crippen LogP contribution is -2.49. The van der Waals surface area contributed by atoms with Gasteiger partial charge in [-0.2, -0.15) is 0 Å². The van der Waals surface area contributed by atoms with E-state index in [1.807, 2.05) is 4.90 Å². The molecule has 0 aromatic rings. The summed E-state index contributed by atoms with van der Waals surface area (Å²) in [7, 11) is 0. The Bertz CT molecular complexity index is 316. The third-order valence-electron chi connectivity index (χ3n) is 4.28. The van der Waals surface area contributed by atoms with Gasteiger partial charge in [0.25, 0.3) is 0 Å². The van der Waals surface area contributed by atoms with Gasteiger partial charge in [0.15, 0.2) is 0 Å². The second-order valence-corrected chi connectivity index (χ2v) is 5.64. The number of urea groups is 1. The van der Waals surface area contributed by atoms with Gasteiger partial charge in [-0.25, -0.2) is 4.79 Å². The highest BCUT2D eigenvalue weighted by atomic mass is 16.4. The number of aliphatic carboxylic acids is 1. The van der Waals surface area contributed by atoms with Crippen molar-refractivity contribution in [2.75, 3.05) is 13.1 Å². The van der Waals surface area contributed by atoms with Crippen LogP contribution in [0.4, 0.5) is 4.79 Å². The Labute approximate surface area is 121 Å². The Morgan fingerprint density at radius 2 is 2.00 bits per heavy atom. The molecule has 5 heteroatoms. The van der Waals surface area contributed by atoms with Crippen molar-refractivity contribution in [2.45, 2.75) is 64.8 Å². The SMILES string of the molecule is CCC(CC)CNC(=O)N1CCCCC1CCC(=O)O. The van der Waals surface area contributed by atoms with Crippen molar-refractivity contribution in [2.24, 2.45) is 5.92 Å². The maximum Gasteiger partial charge on any atom is 0.317 e. The van der Waals surface area contributed by atoms with E-state index < -0.39 is 5.97 Å². The molecule has 1 unspecified atom stereocenters. The maximum atomic E-state index is 12.3. The first-order valence-electron chi connectivity index (χ1n) is 7.84. The first-order valence-corrected chi connectivity index (χ1v) is 7.84. The summed E-state index contributed by atoms with van der Waals surface area (Å²) < 4.78 is 0. The zero-order valence-corrected chi connectivity index (χ0v) is 12.7. The van der Waals surface area contributed by atoms with Crippen LogP contribution in [0.5, 0.6) is 0 Å². The van der Waals surface area contributed by atoms with Crippen molar-refractivity contribution in [1.82, 2.24) is 10.2 Å². The molecule has 5 nitrogen and oxygen atoms in total. The normalized spacial score (nSPS) is 19.1. The van der Waals surface area contributed by atoms with Gasteiger partial charge in [0.1, 0.15) is 0 Å². The first kappa shape index (κ1) is 16.8. The van der Waals surface area contributed by atoms with Gasteiger partial charge in [-0.3, -0.25) is 4.79 Å². The molecule has 0 saturated carbocycles. The van der Waals surface area contributed by atoms with Crippen LogP contribution in [0.25, 0.3) is 0 Å². The predicted octanol–water partition coefficient (Wildman–Crippen LogP) is 2.85. The number of rotatable bonds is 7. The number of carbonyl (C=O) groups is 2. The third-order valence-corrected chi connectivity index (χ3v) is 4.28. The number of nitrogens with zero attached hydrogens (tertiary/aromatic N) is 1. The number of nitrogens with one attached hydrogen (secondary N) is 1. The third kappa shape index (κ3) is 5.39. The van der Waals surface area contributed by atoms with Crippen molar-refractivity contribution in [1.29, 1.82) is 0 Å². The lowest BCUT2D eigenvalue weighted by molar-refractivity contribution is -0.137. The minimum absolute atomic E-state index is 0.0213. The molecule has 0 bridgehead atoms. The van der Waals surface area contributed by atoms with Gasteiger partial charge < -0.3 is 15.3 Å². The highest BCUT2D eigenvalue weighted by Crippen LogP contribution is 2.21. The number of carboxylic acid groups (broad SMARTS) is 1. The van der Waals surface area contributed by atoms with Crippen LogP contribution in [-0.2, 0) is 4.79 Å². The molecule has 0 aliphatic carbocycles. The zero-order chi connectivity index (χ0) is 15.0. The number of hydrogen-bond donors (Lipinski definition) is 2. The van der Waals surface area contributed by atoms with E-state index in [0.717, 1.165) is 38.6 Å². The first-order chi connectivity index (χ1) is 9.58. The predicted molar refractivity (Wildman–Crippen MR) is 78.7 cm³/mol. The lowest BCUT2D eigenvalue weighted by atomic mass is 9.98. The fourth-order valence-electron chi connectivity index (χ4n) is 2.77. The highest BCUT2D eigenvalue weighted by molar-refractivity contribution is 5.74. The van der Waals surface area contributed by atoms with E-state index in [1.54, 1.807) is 0 Å². The van der Waals surface area contributed by atoms with E-state index in [2.05, 4.69) is 19.2 Å². The van der Waals surface area contributed by atoms with E-state index in [9.17, 15) is 9.59 Å². The Hall–Kier alpha value is -1.26. The molecule has 1 saturated heterocycles. The molecule has 0 spiro atoms. The second kappa shape index (κ2) is 8.82. The Balaban J connectivity index is 2.47. The summed E-state index contributed by atoms with van der Waals surface area (Å²) in [5, 5.41) is 11.8. The lowest BCUT2D eigenvalue weighted by Gasteiger charge is -2.36. The molecule has 1 atom stereocenters. The van der Waals surface area contributed by atoms with E-state index in [0.29, 0.717) is 18.9 Å². The molecular weight excluding hydrogens is 256 g/mol. The Morgan fingerprint density at radius 1 is 1.30 bits per heavy atom. The summed E-state index contributed by atoms with van der Waals surface area (Å²) in [6, 6.07) is 0.0635. The number of carboxylic acids is 1. The zero-order valence-electron chi connectivity index (χ0n) is 12.7. The van der Waals surface area contributed by atoms with E-state index in [-0.39, 0.29) is 18.5 Å². The number of likely N-dealkylation sites (tertiary alicyclic amines) is 1. The molecule has 20 heavy (non-hydrogen) atoms. The molecular formula is C15H28N2O3. The monoisotopic (exact) mass is 284 g/mol.